The van der Waals surface area contributed by atoms with Gasteiger partial charge < -0.3 is 5.32 Å². The zero-order valence-electron chi connectivity index (χ0n) is 12.3. The molecule has 1 aromatic heterocycles. The van der Waals surface area contributed by atoms with Crippen molar-refractivity contribution in [3.8, 4) is 0 Å². The molecule has 5 nitrogen and oxygen atoms in total. The van der Waals surface area contributed by atoms with Gasteiger partial charge >= 0.3 is 0 Å². The van der Waals surface area contributed by atoms with Crippen molar-refractivity contribution in [1.82, 2.24) is 9.29 Å². The van der Waals surface area contributed by atoms with Crippen molar-refractivity contribution in [3.63, 3.8) is 0 Å². The number of hydrogen-bond donors (Lipinski definition) is 1. The monoisotopic (exact) mass is 297 g/mol. The molecule has 0 radical (unpaired) electrons. The molecule has 0 bridgehead atoms. The fourth-order valence-corrected chi connectivity index (χ4v) is 4.24. The molecule has 1 aliphatic carbocycles. The number of sulfonamides is 1. The van der Waals surface area contributed by atoms with Crippen LogP contribution in [0.2, 0.25) is 0 Å². The lowest BCUT2D eigenvalue weighted by molar-refractivity contribution is 0.245. The third-order valence-corrected chi connectivity index (χ3v) is 6.03. The lowest BCUT2D eigenvalue weighted by Crippen LogP contribution is -2.39. The van der Waals surface area contributed by atoms with E-state index in [1.807, 2.05) is 0 Å². The van der Waals surface area contributed by atoms with Gasteiger partial charge in [-0.3, -0.25) is 0 Å². The number of anilines is 1. The van der Waals surface area contributed by atoms with E-state index in [0.29, 0.717) is 11.6 Å². The molecule has 0 spiro atoms. The minimum Gasteiger partial charge on any atom is -0.386 e. The highest BCUT2D eigenvalue weighted by atomic mass is 32.2. The van der Waals surface area contributed by atoms with Crippen LogP contribution in [-0.2, 0) is 10.0 Å². The van der Waals surface area contributed by atoms with E-state index in [9.17, 15) is 8.42 Å². The molecule has 1 saturated carbocycles. The van der Waals surface area contributed by atoms with Crippen molar-refractivity contribution in [1.29, 1.82) is 0 Å². The first-order valence-electron chi connectivity index (χ1n) is 7.07. The molecule has 1 aromatic rings. The Morgan fingerprint density at radius 3 is 2.55 bits per heavy atom. The molecule has 0 saturated heterocycles. The summed E-state index contributed by atoms with van der Waals surface area (Å²) in [6.45, 7) is 2.22. The van der Waals surface area contributed by atoms with E-state index >= 15 is 0 Å². The number of aromatic nitrogens is 1. The number of nitrogens with zero attached hydrogens (tertiary/aromatic N) is 2. The summed E-state index contributed by atoms with van der Waals surface area (Å²) in [5, 5.41) is 3.01. The minimum absolute atomic E-state index is 0.0860. The highest BCUT2D eigenvalue weighted by Crippen LogP contribution is 2.30. The second-order valence-corrected chi connectivity index (χ2v) is 7.45. The third-order valence-electron chi connectivity index (χ3n) is 4.16. The zero-order valence-corrected chi connectivity index (χ0v) is 13.2. The maximum atomic E-state index is 12.7. The maximum absolute atomic E-state index is 12.7. The van der Waals surface area contributed by atoms with Gasteiger partial charge in [0, 0.05) is 26.3 Å². The first kappa shape index (κ1) is 15.3. The van der Waals surface area contributed by atoms with Crippen LogP contribution in [0, 0.1) is 5.92 Å². The van der Waals surface area contributed by atoms with Crippen LogP contribution in [0.5, 0.6) is 0 Å². The van der Waals surface area contributed by atoms with Gasteiger partial charge in [-0.25, -0.2) is 13.4 Å². The summed E-state index contributed by atoms with van der Waals surface area (Å²) in [6.07, 6.45) is 5.55. The van der Waals surface area contributed by atoms with Crippen LogP contribution in [0.4, 0.5) is 5.69 Å². The molecule has 0 unspecified atom stereocenters. The van der Waals surface area contributed by atoms with Crippen LogP contribution >= 0.6 is 0 Å². The van der Waals surface area contributed by atoms with Gasteiger partial charge in [0.2, 0.25) is 0 Å². The van der Waals surface area contributed by atoms with Crippen molar-refractivity contribution in [2.24, 2.45) is 5.92 Å². The Hall–Kier alpha value is -1.14. The first-order valence-corrected chi connectivity index (χ1v) is 8.51. The first-order chi connectivity index (χ1) is 9.46. The minimum atomic E-state index is -3.54. The number of pyridine rings is 1. The summed E-state index contributed by atoms with van der Waals surface area (Å²) < 4.78 is 26.9. The molecule has 0 atom stereocenters. The van der Waals surface area contributed by atoms with Crippen LogP contribution in [0.25, 0.3) is 0 Å². The van der Waals surface area contributed by atoms with Crippen molar-refractivity contribution < 1.29 is 8.42 Å². The smallest absolute Gasteiger partial charge is 0.262 e. The van der Waals surface area contributed by atoms with E-state index in [0.717, 1.165) is 25.7 Å². The third kappa shape index (κ3) is 2.96. The average Bonchev–Trinajstić information content (AvgIpc) is 2.47. The van der Waals surface area contributed by atoms with Crippen molar-refractivity contribution in [2.75, 3.05) is 19.4 Å². The summed E-state index contributed by atoms with van der Waals surface area (Å²) in [4.78, 5) is 4.06. The molecule has 112 valence electrons. The standard InChI is InChI=1S/C14H23N3O2S/c1-11-6-8-12(9-7-11)17(3)20(18,19)14-13(15-2)5-4-10-16-14/h4-5,10-12,15H,6-9H2,1-3H3. The Kier molecular flexibility index (Phi) is 4.65. The van der Waals surface area contributed by atoms with Crippen LogP contribution < -0.4 is 5.32 Å². The van der Waals surface area contributed by atoms with E-state index in [-0.39, 0.29) is 11.1 Å². The largest absolute Gasteiger partial charge is 0.386 e. The average molecular weight is 297 g/mol. The Bertz CT molecular complexity index is 551. The molecule has 1 aliphatic rings. The van der Waals surface area contributed by atoms with Crippen LogP contribution in [0.15, 0.2) is 23.4 Å². The summed E-state index contributed by atoms with van der Waals surface area (Å²) in [5.41, 5.74) is 0.545. The highest BCUT2D eigenvalue weighted by Gasteiger charge is 2.32. The Labute approximate surface area is 121 Å². The second-order valence-electron chi connectivity index (χ2n) is 5.54. The van der Waals surface area contributed by atoms with Crippen molar-refractivity contribution in [2.45, 2.75) is 43.7 Å². The quantitative estimate of drug-likeness (QED) is 0.926. The number of rotatable bonds is 4. The van der Waals surface area contributed by atoms with E-state index in [1.165, 1.54) is 10.5 Å². The molecule has 20 heavy (non-hydrogen) atoms. The van der Waals surface area contributed by atoms with E-state index in [1.54, 1.807) is 26.2 Å². The van der Waals surface area contributed by atoms with E-state index in [4.69, 9.17) is 0 Å². The lowest BCUT2D eigenvalue weighted by Gasteiger charge is -2.32. The summed E-state index contributed by atoms with van der Waals surface area (Å²) in [7, 11) is -0.162. The SMILES string of the molecule is CNc1cccnc1S(=O)(=O)N(C)C1CCC(C)CC1. The van der Waals surface area contributed by atoms with Crippen LogP contribution in [0.1, 0.15) is 32.6 Å². The molecule has 1 N–H and O–H groups in total. The lowest BCUT2D eigenvalue weighted by atomic mass is 9.87. The molecule has 6 heteroatoms. The normalized spacial score (nSPS) is 23.8. The summed E-state index contributed by atoms with van der Waals surface area (Å²) in [5.74, 6) is 0.699. The number of hydrogen-bond acceptors (Lipinski definition) is 4. The number of nitrogens with one attached hydrogen (secondary N) is 1. The van der Waals surface area contributed by atoms with Gasteiger partial charge in [0.25, 0.3) is 10.0 Å². The molecule has 2 rings (SSSR count). The van der Waals surface area contributed by atoms with Crippen molar-refractivity contribution in [3.05, 3.63) is 18.3 Å². The molecule has 1 heterocycles. The fraction of sp³-hybridized carbons (Fsp3) is 0.643. The zero-order chi connectivity index (χ0) is 14.8. The molecular formula is C14H23N3O2S. The Balaban J connectivity index is 2.25. The summed E-state index contributed by atoms with van der Waals surface area (Å²) >= 11 is 0. The fourth-order valence-electron chi connectivity index (χ4n) is 2.73. The van der Waals surface area contributed by atoms with Gasteiger partial charge in [-0.1, -0.05) is 6.92 Å². The Morgan fingerprint density at radius 2 is 1.95 bits per heavy atom. The maximum Gasteiger partial charge on any atom is 0.262 e. The van der Waals surface area contributed by atoms with Gasteiger partial charge in [-0.15, -0.1) is 0 Å². The molecule has 0 amide bonds. The van der Waals surface area contributed by atoms with Gasteiger partial charge in [-0.05, 0) is 43.7 Å². The predicted molar refractivity (Wildman–Crippen MR) is 80.2 cm³/mol. The van der Waals surface area contributed by atoms with Gasteiger partial charge in [0.1, 0.15) is 0 Å². The van der Waals surface area contributed by atoms with Gasteiger partial charge in [0.15, 0.2) is 5.03 Å². The molecule has 1 fully saturated rings. The van der Waals surface area contributed by atoms with Gasteiger partial charge in [-0.2, -0.15) is 4.31 Å². The van der Waals surface area contributed by atoms with Gasteiger partial charge in [0.05, 0.1) is 5.69 Å². The van der Waals surface area contributed by atoms with E-state index < -0.39 is 10.0 Å². The van der Waals surface area contributed by atoms with E-state index in [2.05, 4.69) is 17.2 Å². The molecule has 0 aliphatic heterocycles. The topological polar surface area (TPSA) is 62.3 Å². The molecule has 0 aromatic carbocycles. The second kappa shape index (κ2) is 6.10. The summed E-state index contributed by atoms with van der Waals surface area (Å²) in [6, 6.07) is 3.55. The van der Waals surface area contributed by atoms with Crippen LogP contribution in [-0.4, -0.2) is 37.8 Å². The Morgan fingerprint density at radius 1 is 1.30 bits per heavy atom. The predicted octanol–water partition coefficient (Wildman–Crippen LogP) is 2.32. The highest BCUT2D eigenvalue weighted by molar-refractivity contribution is 7.89. The van der Waals surface area contributed by atoms with Crippen LogP contribution in [0.3, 0.4) is 0 Å². The molecular weight excluding hydrogens is 274 g/mol. The van der Waals surface area contributed by atoms with Crippen molar-refractivity contribution >= 4 is 15.7 Å².